The topological polar surface area (TPSA) is 42.0 Å². The van der Waals surface area contributed by atoms with Gasteiger partial charge in [-0.3, -0.25) is 4.79 Å². The van der Waals surface area contributed by atoms with Crippen LogP contribution in [0.15, 0.2) is 47.1 Å². The Morgan fingerprint density at radius 3 is 2.68 bits per heavy atom. The molecule has 2 rings (SSSR count). The number of carbonyl (C=O) groups excluding carboxylic acids is 1. The van der Waals surface area contributed by atoms with Gasteiger partial charge < -0.3 is 5.32 Å². The molecular weight excluding hydrogens is 351 g/mol. The number of halogens is 3. The van der Waals surface area contributed by atoms with Crippen molar-refractivity contribution in [3.05, 3.63) is 57.8 Å². The molecule has 0 saturated heterocycles. The van der Waals surface area contributed by atoms with Crippen LogP contribution in [-0.4, -0.2) is 10.9 Å². The summed E-state index contributed by atoms with van der Waals surface area (Å²) in [7, 11) is 0. The Hall–Kier alpha value is -1.10. The van der Waals surface area contributed by atoms with Crippen molar-refractivity contribution in [2.24, 2.45) is 0 Å². The van der Waals surface area contributed by atoms with Gasteiger partial charge in [0.15, 0.2) is 5.15 Å². The lowest BCUT2D eigenvalue weighted by molar-refractivity contribution is -0.116. The van der Waals surface area contributed by atoms with Gasteiger partial charge in [-0.05, 0) is 27.6 Å². The highest BCUT2D eigenvalue weighted by molar-refractivity contribution is 9.10. The molecule has 1 amide bonds. The van der Waals surface area contributed by atoms with Crippen molar-refractivity contribution >= 4 is 50.7 Å². The van der Waals surface area contributed by atoms with Crippen LogP contribution in [0, 0.1) is 0 Å². The van der Waals surface area contributed by atoms with E-state index in [1.54, 1.807) is 24.4 Å². The molecular formula is C13H9BrCl2N2O. The maximum Gasteiger partial charge on any atom is 0.247 e. The zero-order valence-corrected chi connectivity index (χ0v) is 12.7. The standard InChI is InChI=1S/C13H9BrCl2N2O/c14-9-6-10(12(16)17-7-9)18-13(19)11(15)8-4-2-1-3-5-8/h1-7,11H,(H,18,19). The molecule has 0 fully saturated rings. The number of hydrogen-bond acceptors (Lipinski definition) is 2. The van der Waals surface area contributed by atoms with Crippen LogP contribution in [0.2, 0.25) is 5.15 Å². The Kier molecular flexibility index (Phi) is 4.80. The quantitative estimate of drug-likeness (QED) is 0.651. The first kappa shape index (κ1) is 14.3. The first-order valence-electron chi connectivity index (χ1n) is 5.39. The van der Waals surface area contributed by atoms with E-state index in [1.807, 2.05) is 18.2 Å². The third-order valence-corrected chi connectivity index (χ3v) is 3.57. The summed E-state index contributed by atoms with van der Waals surface area (Å²) < 4.78 is 0.720. The largest absolute Gasteiger partial charge is 0.322 e. The number of rotatable bonds is 3. The van der Waals surface area contributed by atoms with Crippen LogP contribution in [0.1, 0.15) is 10.9 Å². The van der Waals surface area contributed by atoms with Crippen LogP contribution >= 0.6 is 39.1 Å². The third-order valence-electron chi connectivity index (χ3n) is 2.39. The van der Waals surface area contributed by atoms with Crippen LogP contribution in [-0.2, 0) is 4.79 Å². The number of alkyl halides is 1. The molecule has 0 bridgehead atoms. The first-order chi connectivity index (χ1) is 9.08. The Labute approximate surface area is 129 Å². The van der Waals surface area contributed by atoms with Gasteiger partial charge in [0.1, 0.15) is 5.38 Å². The van der Waals surface area contributed by atoms with E-state index in [4.69, 9.17) is 23.2 Å². The highest BCUT2D eigenvalue weighted by Gasteiger charge is 2.18. The van der Waals surface area contributed by atoms with Crippen molar-refractivity contribution < 1.29 is 4.79 Å². The smallest absolute Gasteiger partial charge is 0.247 e. The molecule has 0 aliphatic carbocycles. The van der Waals surface area contributed by atoms with E-state index in [0.29, 0.717) is 5.69 Å². The number of hydrogen-bond donors (Lipinski definition) is 1. The minimum atomic E-state index is -0.781. The summed E-state index contributed by atoms with van der Waals surface area (Å²) >= 11 is 15.3. The second-order valence-electron chi connectivity index (χ2n) is 3.75. The monoisotopic (exact) mass is 358 g/mol. The highest BCUT2D eigenvalue weighted by atomic mass is 79.9. The van der Waals surface area contributed by atoms with Gasteiger partial charge in [0.2, 0.25) is 5.91 Å². The van der Waals surface area contributed by atoms with E-state index in [9.17, 15) is 4.79 Å². The number of nitrogens with one attached hydrogen (secondary N) is 1. The number of nitrogens with zero attached hydrogens (tertiary/aromatic N) is 1. The summed E-state index contributed by atoms with van der Waals surface area (Å²) in [6, 6.07) is 10.8. The van der Waals surface area contributed by atoms with Crippen molar-refractivity contribution in [1.29, 1.82) is 0 Å². The number of aromatic nitrogens is 1. The summed E-state index contributed by atoms with van der Waals surface area (Å²) in [5.41, 5.74) is 1.14. The predicted octanol–water partition coefficient (Wildman–Crippen LogP) is 4.42. The third kappa shape index (κ3) is 3.69. The molecule has 0 aliphatic rings. The number of pyridine rings is 1. The van der Waals surface area contributed by atoms with Gasteiger partial charge in [0, 0.05) is 10.7 Å². The molecule has 0 aliphatic heterocycles. The molecule has 1 atom stereocenters. The van der Waals surface area contributed by atoms with Crippen molar-refractivity contribution in [2.45, 2.75) is 5.38 Å². The minimum Gasteiger partial charge on any atom is -0.322 e. The molecule has 1 aromatic carbocycles. The first-order valence-corrected chi connectivity index (χ1v) is 6.99. The Bertz CT molecular complexity index is 592. The molecule has 3 nitrogen and oxygen atoms in total. The Morgan fingerprint density at radius 1 is 1.32 bits per heavy atom. The van der Waals surface area contributed by atoms with Gasteiger partial charge in [0.05, 0.1) is 5.69 Å². The fourth-order valence-electron chi connectivity index (χ4n) is 1.48. The van der Waals surface area contributed by atoms with Crippen LogP contribution in [0.25, 0.3) is 0 Å². The van der Waals surface area contributed by atoms with Gasteiger partial charge >= 0.3 is 0 Å². The molecule has 1 N–H and O–H groups in total. The lowest BCUT2D eigenvalue weighted by atomic mass is 10.1. The summed E-state index contributed by atoms with van der Waals surface area (Å²) in [5, 5.41) is 2.09. The van der Waals surface area contributed by atoms with Crippen LogP contribution in [0.5, 0.6) is 0 Å². The fourth-order valence-corrected chi connectivity index (χ4v) is 2.16. The van der Waals surface area contributed by atoms with Gasteiger partial charge in [-0.2, -0.15) is 0 Å². The van der Waals surface area contributed by atoms with Crippen molar-refractivity contribution in [2.75, 3.05) is 5.32 Å². The molecule has 98 valence electrons. The van der Waals surface area contributed by atoms with Crippen molar-refractivity contribution in [3.8, 4) is 0 Å². The summed E-state index contributed by atoms with van der Waals surface area (Å²) in [4.78, 5) is 16.0. The van der Waals surface area contributed by atoms with Crippen LogP contribution < -0.4 is 5.32 Å². The maximum absolute atomic E-state index is 12.0. The summed E-state index contributed by atoms with van der Waals surface area (Å²) in [6.45, 7) is 0. The van der Waals surface area contributed by atoms with Crippen LogP contribution in [0.3, 0.4) is 0 Å². The Morgan fingerprint density at radius 2 is 2.00 bits per heavy atom. The summed E-state index contributed by atoms with van der Waals surface area (Å²) in [5.74, 6) is -0.352. The lowest BCUT2D eigenvalue weighted by Gasteiger charge is -2.11. The molecule has 0 saturated carbocycles. The SMILES string of the molecule is O=C(Nc1cc(Br)cnc1Cl)C(Cl)c1ccccc1. The van der Waals surface area contributed by atoms with Gasteiger partial charge in [-0.25, -0.2) is 4.98 Å². The van der Waals surface area contributed by atoms with Crippen molar-refractivity contribution in [3.63, 3.8) is 0 Å². The van der Waals surface area contributed by atoms with Gasteiger partial charge in [-0.15, -0.1) is 11.6 Å². The van der Waals surface area contributed by atoms with Crippen molar-refractivity contribution in [1.82, 2.24) is 4.98 Å². The fraction of sp³-hybridized carbons (Fsp3) is 0.0769. The average molecular weight is 360 g/mol. The van der Waals surface area contributed by atoms with Gasteiger partial charge in [-0.1, -0.05) is 41.9 Å². The van der Waals surface area contributed by atoms with E-state index in [-0.39, 0.29) is 11.1 Å². The molecule has 0 spiro atoms. The number of anilines is 1. The zero-order valence-electron chi connectivity index (χ0n) is 9.61. The van der Waals surface area contributed by atoms with Gasteiger partial charge in [0.25, 0.3) is 0 Å². The van der Waals surface area contributed by atoms with E-state index >= 15 is 0 Å². The summed E-state index contributed by atoms with van der Waals surface area (Å²) in [6.07, 6.45) is 1.55. The zero-order chi connectivity index (χ0) is 13.8. The Balaban J connectivity index is 2.15. The second-order valence-corrected chi connectivity index (χ2v) is 5.46. The molecule has 0 radical (unpaired) electrons. The molecule has 19 heavy (non-hydrogen) atoms. The van der Waals surface area contributed by atoms with Crippen LogP contribution in [0.4, 0.5) is 5.69 Å². The number of amides is 1. The molecule has 1 unspecified atom stereocenters. The lowest BCUT2D eigenvalue weighted by Crippen LogP contribution is -2.17. The average Bonchev–Trinajstić information content (AvgIpc) is 2.43. The maximum atomic E-state index is 12.0. The molecule has 6 heteroatoms. The molecule has 1 aromatic heterocycles. The van der Waals surface area contributed by atoms with E-state index in [0.717, 1.165) is 10.0 Å². The predicted molar refractivity (Wildman–Crippen MR) is 80.6 cm³/mol. The normalized spacial score (nSPS) is 11.9. The number of benzene rings is 1. The van der Waals surface area contributed by atoms with E-state index < -0.39 is 5.38 Å². The minimum absolute atomic E-state index is 0.216. The highest BCUT2D eigenvalue weighted by Crippen LogP contribution is 2.26. The molecule has 2 aromatic rings. The van der Waals surface area contributed by atoms with E-state index in [2.05, 4.69) is 26.2 Å². The number of carbonyl (C=O) groups is 1. The van der Waals surface area contributed by atoms with E-state index in [1.165, 1.54) is 0 Å². The second kappa shape index (κ2) is 6.37. The molecule has 1 heterocycles.